The van der Waals surface area contributed by atoms with Gasteiger partial charge in [-0.3, -0.25) is 0 Å². The molecular formula is C17H24N2O. The highest BCUT2D eigenvalue weighted by Gasteiger charge is 2.10. The normalized spacial score (nSPS) is 11.1. The number of para-hydroxylation sites is 1. The fraction of sp³-hybridized carbons (Fsp3) is 0.471. The van der Waals surface area contributed by atoms with Gasteiger partial charge < -0.3 is 10.1 Å². The quantitative estimate of drug-likeness (QED) is 0.853. The van der Waals surface area contributed by atoms with E-state index in [1.165, 1.54) is 0 Å². The average molecular weight is 272 g/mol. The Labute approximate surface area is 121 Å². The van der Waals surface area contributed by atoms with Crippen LogP contribution in [0.25, 0.3) is 10.9 Å². The van der Waals surface area contributed by atoms with Crippen LogP contribution in [0.15, 0.2) is 24.3 Å². The number of nitrogens with one attached hydrogen (secondary N) is 1. The van der Waals surface area contributed by atoms with Gasteiger partial charge in [0.2, 0.25) is 0 Å². The number of benzene rings is 1. The zero-order valence-corrected chi connectivity index (χ0v) is 12.9. The van der Waals surface area contributed by atoms with Gasteiger partial charge in [0, 0.05) is 23.8 Å². The van der Waals surface area contributed by atoms with Crippen LogP contribution < -0.4 is 10.1 Å². The van der Waals surface area contributed by atoms with Crippen molar-refractivity contribution in [2.75, 3.05) is 19.0 Å². The molecule has 0 amide bonds. The number of ether oxygens (including phenoxy) is 1. The zero-order valence-electron chi connectivity index (χ0n) is 12.9. The van der Waals surface area contributed by atoms with E-state index in [4.69, 9.17) is 9.72 Å². The van der Waals surface area contributed by atoms with E-state index in [9.17, 15) is 0 Å². The Hall–Kier alpha value is -1.77. The van der Waals surface area contributed by atoms with Crippen LogP contribution in [0.5, 0.6) is 5.75 Å². The summed E-state index contributed by atoms with van der Waals surface area (Å²) in [7, 11) is 1.95. The molecule has 0 aliphatic rings. The molecule has 1 N–H and O–H groups in total. The van der Waals surface area contributed by atoms with Crippen molar-refractivity contribution in [3.05, 3.63) is 30.0 Å². The van der Waals surface area contributed by atoms with Gasteiger partial charge in [0.1, 0.15) is 11.3 Å². The van der Waals surface area contributed by atoms with Gasteiger partial charge in [-0.25, -0.2) is 4.98 Å². The summed E-state index contributed by atoms with van der Waals surface area (Å²) in [4.78, 5) is 4.81. The maximum atomic E-state index is 5.84. The maximum Gasteiger partial charge on any atom is 0.145 e. The lowest BCUT2D eigenvalue weighted by Gasteiger charge is -2.13. The van der Waals surface area contributed by atoms with Crippen molar-refractivity contribution in [3.8, 4) is 5.75 Å². The minimum absolute atomic E-state index is 0.591. The van der Waals surface area contributed by atoms with Crippen molar-refractivity contribution in [2.45, 2.75) is 33.6 Å². The van der Waals surface area contributed by atoms with Crippen LogP contribution in [0.2, 0.25) is 0 Å². The average Bonchev–Trinajstić information content (AvgIpc) is 2.43. The predicted molar refractivity (Wildman–Crippen MR) is 85.6 cm³/mol. The molecule has 20 heavy (non-hydrogen) atoms. The summed E-state index contributed by atoms with van der Waals surface area (Å²) in [6, 6.07) is 8.26. The van der Waals surface area contributed by atoms with Gasteiger partial charge in [-0.1, -0.05) is 32.9 Å². The molecule has 3 heteroatoms. The van der Waals surface area contributed by atoms with Crippen LogP contribution in [0.4, 0.5) is 5.69 Å². The Balaban J connectivity index is 2.53. The second kappa shape index (κ2) is 6.60. The Bertz CT molecular complexity index is 578. The Morgan fingerprint density at radius 2 is 2.10 bits per heavy atom. The third-order valence-corrected chi connectivity index (χ3v) is 3.20. The number of aromatic nitrogens is 1. The molecule has 108 valence electrons. The predicted octanol–water partition coefficient (Wildman–Crippen LogP) is 4.26. The van der Waals surface area contributed by atoms with Gasteiger partial charge in [-0.15, -0.1) is 0 Å². The summed E-state index contributed by atoms with van der Waals surface area (Å²) in [5.41, 5.74) is 3.19. The van der Waals surface area contributed by atoms with Gasteiger partial charge in [-0.2, -0.15) is 0 Å². The summed E-state index contributed by atoms with van der Waals surface area (Å²) in [6.07, 6.45) is 1.98. The van der Waals surface area contributed by atoms with Crippen molar-refractivity contribution < 1.29 is 4.74 Å². The number of anilines is 1. The maximum absolute atomic E-state index is 5.84. The summed E-state index contributed by atoms with van der Waals surface area (Å²) in [5.74, 6) is 1.47. The molecule has 3 nitrogen and oxygen atoms in total. The lowest BCUT2D eigenvalue weighted by molar-refractivity contribution is 0.320. The van der Waals surface area contributed by atoms with Gasteiger partial charge in [-0.05, 0) is 30.9 Å². The van der Waals surface area contributed by atoms with Gasteiger partial charge in [0.05, 0.1) is 6.61 Å². The van der Waals surface area contributed by atoms with E-state index in [0.717, 1.165) is 47.5 Å². The van der Waals surface area contributed by atoms with E-state index in [0.29, 0.717) is 5.92 Å². The molecule has 0 saturated heterocycles. The van der Waals surface area contributed by atoms with Crippen molar-refractivity contribution in [1.82, 2.24) is 4.98 Å². The van der Waals surface area contributed by atoms with Gasteiger partial charge >= 0.3 is 0 Å². The highest BCUT2D eigenvalue weighted by Crippen LogP contribution is 2.30. The molecule has 1 aromatic heterocycles. The van der Waals surface area contributed by atoms with Crippen molar-refractivity contribution in [1.29, 1.82) is 0 Å². The largest absolute Gasteiger partial charge is 0.491 e. The lowest BCUT2D eigenvalue weighted by atomic mass is 10.1. The molecule has 2 aromatic rings. The SMILES string of the molecule is CCCOc1cccc2c(NC)cc(CC(C)C)nc12. The first kappa shape index (κ1) is 14.6. The fourth-order valence-electron chi connectivity index (χ4n) is 2.33. The lowest BCUT2D eigenvalue weighted by Crippen LogP contribution is -2.02. The second-order valence-corrected chi connectivity index (χ2v) is 5.51. The summed E-state index contributed by atoms with van der Waals surface area (Å²) in [5, 5.41) is 4.39. The van der Waals surface area contributed by atoms with E-state index in [1.807, 2.05) is 19.2 Å². The van der Waals surface area contributed by atoms with Crippen molar-refractivity contribution in [3.63, 3.8) is 0 Å². The molecule has 2 rings (SSSR count). The fourth-order valence-corrected chi connectivity index (χ4v) is 2.33. The Morgan fingerprint density at radius 1 is 1.30 bits per heavy atom. The van der Waals surface area contributed by atoms with Crippen molar-refractivity contribution >= 4 is 16.6 Å². The first-order valence-electron chi connectivity index (χ1n) is 7.38. The molecular weight excluding hydrogens is 248 g/mol. The zero-order chi connectivity index (χ0) is 14.5. The second-order valence-electron chi connectivity index (χ2n) is 5.51. The smallest absolute Gasteiger partial charge is 0.145 e. The number of rotatable bonds is 6. The van der Waals surface area contributed by atoms with E-state index in [1.54, 1.807) is 0 Å². The Morgan fingerprint density at radius 3 is 2.75 bits per heavy atom. The van der Waals surface area contributed by atoms with Crippen molar-refractivity contribution in [2.24, 2.45) is 5.92 Å². The van der Waals surface area contributed by atoms with E-state index in [2.05, 4.69) is 38.2 Å². The Kier molecular flexibility index (Phi) is 4.83. The monoisotopic (exact) mass is 272 g/mol. The van der Waals surface area contributed by atoms with Crippen LogP contribution in [0.3, 0.4) is 0 Å². The van der Waals surface area contributed by atoms with Crippen LogP contribution in [0, 0.1) is 5.92 Å². The third-order valence-electron chi connectivity index (χ3n) is 3.20. The third kappa shape index (κ3) is 3.21. The first-order chi connectivity index (χ1) is 9.65. The molecule has 0 fully saturated rings. The van der Waals surface area contributed by atoms with Crippen LogP contribution in [-0.4, -0.2) is 18.6 Å². The molecule has 1 aromatic carbocycles. The summed E-state index contributed by atoms with van der Waals surface area (Å²) in [6.45, 7) is 7.26. The minimum atomic E-state index is 0.591. The minimum Gasteiger partial charge on any atom is -0.491 e. The van der Waals surface area contributed by atoms with Crippen LogP contribution in [0.1, 0.15) is 32.9 Å². The first-order valence-corrected chi connectivity index (χ1v) is 7.38. The topological polar surface area (TPSA) is 34.1 Å². The molecule has 1 heterocycles. The summed E-state index contributed by atoms with van der Waals surface area (Å²) < 4.78 is 5.84. The molecule has 0 unspecified atom stereocenters. The number of hydrogen-bond acceptors (Lipinski definition) is 3. The standard InChI is InChI=1S/C17H24N2O/c1-5-9-20-16-8-6-7-14-15(18-4)11-13(10-12(2)3)19-17(14)16/h6-8,11-12H,5,9-10H2,1-4H3,(H,18,19). The van der Waals surface area contributed by atoms with Crippen LogP contribution >= 0.6 is 0 Å². The number of pyridine rings is 1. The molecule has 0 aliphatic heterocycles. The molecule has 0 bridgehead atoms. The van der Waals surface area contributed by atoms with Crippen LogP contribution in [-0.2, 0) is 6.42 Å². The van der Waals surface area contributed by atoms with Gasteiger partial charge in [0.15, 0.2) is 0 Å². The highest BCUT2D eigenvalue weighted by atomic mass is 16.5. The van der Waals surface area contributed by atoms with E-state index < -0.39 is 0 Å². The van der Waals surface area contributed by atoms with Gasteiger partial charge in [0.25, 0.3) is 0 Å². The molecule has 0 radical (unpaired) electrons. The summed E-state index contributed by atoms with van der Waals surface area (Å²) >= 11 is 0. The molecule has 0 aliphatic carbocycles. The molecule has 0 saturated carbocycles. The van der Waals surface area contributed by atoms with E-state index in [-0.39, 0.29) is 0 Å². The van der Waals surface area contributed by atoms with E-state index >= 15 is 0 Å². The number of hydrogen-bond donors (Lipinski definition) is 1. The molecule has 0 atom stereocenters. The number of fused-ring (bicyclic) bond motifs is 1. The molecule has 0 spiro atoms. The number of nitrogens with zero attached hydrogens (tertiary/aromatic N) is 1. The highest BCUT2D eigenvalue weighted by molar-refractivity contribution is 5.95.